The monoisotopic (exact) mass is 857 g/mol. The van der Waals surface area contributed by atoms with Crippen molar-refractivity contribution in [3.8, 4) is 33.8 Å². The molecule has 2 aliphatic heterocycles. The second-order valence-electron chi connectivity index (χ2n) is 18.5. The van der Waals surface area contributed by atoms with Crippen molar-refractivity contribution in [1.82, 2.24) is 45.4 Å². The summed E-state index contributed by atoms with van der Waals surface area (Å²) in [5.74, 6) is 0.632. The number of aromatic nitrogens is 5. The molecular weight excluding hydrogens is 799 g/mol. The number of benzene rings is 1. The molecule has 15 nitrogen and oxygen atoms in total. The first-order chi connectivity index (χ1) is 30.2. The number of aromatic amines is 2. The van der Waals surface area contributed by atoms with E-state index in [9.17, 15) is 19.2 Å². The highest BCUT2D eigenvalue weighted by Gasteiger charge is 2.43. The van der Waals surface area contributed by atoms with E-state index in [1.165, 1.54) is 51.0 Å². The number of carbonyl (C=O) groups excluding carboxylic acids is 4. The van der Waals surface area contributed by atoms with Gasteiger partial charge in [0, 0.05) is 30.4 Å². The molecule has 4 aliphatic rings. The van der Waals surface area contributed by atoms with Gasteiger partial charge in [-0.3, -0.25) is 14.6 Å². The number of pyridine rings is 1. The molecule has 4 aromatic rings. The molecule has 2 aliphatic carbocycles. The van der Waals surface area contributed by atoms with Gasteiger partial charge >= 0.3 is 12.2 Å². The molecular formula is C48H59N9O6. The molecule has 4 amide bonds. The van der Waals surface area contributed by atoms with Gasteiger partial charge in [-0.1, -0.05) is 88.1 Å². The fraction of sp³-hybridized carbons (Fsp3) is 0.479. The summed E-state index contributed by atoms with van der Waals surface area (Å²) in [4.78, 5) is 77.3. The molecule has 1 saturated carbocycles. The smallest absolute Gasteiger partial charge is 0.407 e. The minimum Gasteiger partial charge on any atom is -0.453 e. The highest BCUT2D eigenvalue weighted by atomic mass is 16.5. The number of amides is 4. The van der Waals surface area contributed by atoms with Crippen molar-refractivity contribution < 1.29 is 28.7 Å². The van der Waals surface area contributed by atoms with Crippen LogP contribution in [0, 0.1) is 17.3 Å². The van der Waals surface area contributed by atoms with Crippen molar-refractivity contribution in [1.29, 1.82) is 0 Å². The van der Waals surface area contributed by atoms with Crippen LogP contribution in [0.1, 0.15) is 102 Å². The van der Waals surface area contributed by atoms with E-state index in [4.69, 9.17) is 24.4 Å². The number of alkyl carbamates (subject to hydrolysis) is 2. The van der Waals surface area contributed by atoms with Crippen LogP contribution < -0.4 is 10.6 Å². The molecule has 1 fully saturated rings. The first-order valence-electron chi connectivity index (χ1n) is 22.1. The number of hydrogen-bond donors (Lipinski definition) is 4. The highest BCUT2D eigenvalue weighted by molar-refractivity contribution is 5.88. The molecule has 1 spiro atoms. The second-order valence-corrected chi connectivity index (χ2v) is 18.5. The Morgan fingerprint density at radius 1 is 0.683 bits per heavy atom. The fourth-order valence-electron chi connectivity index (χ4n) is 10.0. The average molecular weight is 858 g/mol. The fourth-order valence-corrected chi connectivity index (χ4v) is 10.0. The van der Waals surface area contributed by atoms with Crippen LogP contribution in [0.2, 0.25) is 0 Å². The number of methoxy groups -OCH3 is 2. The van der Waals surface area contributed by atoms with Crippen molar-refractivity contribution in [3.63, 3.8) is 0 Å². The molecule has 4 atom stereocenters. The molecule has 5 heterocycles. The molecule has 63 heavy (non-hydrogen) atoms. The predicted octanol–water partition coefficient (Wildman–Crippen LogP) is 7.61. The standard InChI is InChI=1S/C48H59N9O6/c1-26(2)39(54-46(60)62-7)44(58)56-24-28(5)17-37(56)42-50-22-35(52-42)30-11-13-31(14-12-30)41-33-20-48(15-9-10-16-48)19-32(33)34(21-49-41)36-23-51-43(53-36)38-18-29(6)25-57(38)45(59)40(27(3)4)55-47(61)63-8/h11-14,17-18,21-23,26-27,37-40H,9-10,15-16,19-20,24-25H2,1-8H3,(H,50,52)(H,51,53)(H,54,60)(H,55,61)/t37-,38-,39-,40-/m0/s1. The lowest BCUT2D eigenvalue weighted by atomic mass is 9.83. The minimum atomic E-state index is -0.744. The second kappa shape index (κ2) is 17.5. The maximum atomic E-state index is 13.9. The van der Waals surface area contributed by atoms with E-state index in [0.29, 0.717) is 24.7 Å². The van der Waals surface area contributed by atoms with Crippen LogP contribution in [-0.4, -0.2) is 98.1 Å². The summed E-state index contributed by atoms with van der Waals surface area (Å²) in [6.45, 7) is 12.5. The minimum absolute atomic E-state index is 0.144. The third-order valence-corrected chi connectivity index (χ3v) is 13.3. The number of nitrogens with zero attached hydrogens (tertiary/aromatic N) is 5. The number of H-pyrrole nitrogens is 2. The molecule has 15 heteroatoms. The Morgan fingerprint density at radius 3 is 1.67 bits per heavy atom. The lowest BCUT2D eigenvalue weighted by Gasteiger charge is -2.30. The maximum Gasteiger partial charge on any atom is 0.407 e. The summed E-state index contributed by atoms with van der Waals surface area (Å²) in [5, 5.41) is 5.43. The lowest BCUT2D eigenvalue weighted by molar-refractivity contribution is -0.135. The first kappa shape index (κ1) is 43.4. The number of imidazole rings is 2. The maximum absolute atomic E-state index is 13.9. The van der Waals surface area contributed by atoms with E-state index in [2.05, 4.69) is 50.9 Å². The molecule has 332 valence electrons. The number of nitrogens with one attached hydrogen (secondary N) is 4. The van der Waals surface area contributed by atoms with Gasteiger partial charge in [-0.15, -0.1) is 0 Å². The number of ether oxygens (including phenoxy) is 2. The van der Waals surface area contributed by atoms with Crippen molar-refractivity contribution in [3.05, 3.63) is 88.9 Å². The summed E-state index contributed by atoms with van der Waals surface area (Å²) >= 11 is 0. The van der Waals surface area contributed by atoms with E-state index < -0.39 is 36.4 Å². The van der Waals surface area contributed by atoms with E-state index >= 15 is 0 Å². The Kier molecular flexibility index (Phi) is 12.0. The molecule has 1 aromatic carbocycles. The van der Waals surface area contributed by atoms with Gasteiger partial charge < -0.3 is 39.9 Å². The van der Waals surface area contributed by atoms with Crippen LogP contribution in [0.3, 0.4) is 0 Å². The van der Waals surface area contributed by atoms with Crippen LogP contribution in [0.5, 0.6) is 0 Å². The Hall–Kier alpha value is -6.25. The van der Waals surface area contributed by atoms with Gasteiger partial charge in [0.15, 0.2) is 0 Å². The molecule has 3 aromatic heterocycles. The zero-order valence-electron chi connectivity index (χ0n) is 37.5. The molecule has 4 N–H and O–H groups in total. The summed E-state index contributed by atoms with van der Waals surface area (Å²) in [7, 11) is 2.58. The van der Waals surface area contributed by atoms with Gasteiger partial charge in [0.05, 0.1) is 43.7 Å². The van der Waals surface area contributed by atoms with Crippen molar-refractivity contribution in [2.75, 3.05) is 27.3 Å². The van der Waals surface area contributed by atoms with Crippen molar-refractivity contribution in [2.45, 2.75) is 104 Å². The average Bonchev–Trinajstić information content (AvgIpc) is 4.14. The predicted molar refractivity (Wildman–Crippen MR) is 238 cm³/mol. The number of rotatable bonds is 11. The lowest BCUT2D eigenvalue weighted by Crippen LogP contribution is -2.51. The van der Waals surface area contributed by atoms with Gasteiger partial charge in [0.1, 0.15) is 35.8 Å². The third kappa shape index (κ3) is 8.49. The first-order valence-corrected chi connectivity index (χ1v) is 22.1. The quantitative estimate of drug-likeness (QED) is 0.110. The Balaban J connectivity index is 1.05. The van der Waals surface area contributed by atoms with Crippen LogP contribution in [0.4, 0.5) is 9.59 Å². The van der Waals surface area contributed by atoms with E-state index in [0.717, 1.165) is 57.8 Å². The molecule has 0 bridgehead atoms. The SMILES string of the molecule is COC(=O)N[C@H](C(=O)N1CC(C)=C[C@H]1c1ncc(-c2ccc(-c3ncc(-c4cnc([C@@H]5C=C(C)CN5C(=O)[C@@H](NC(=O)OC)C(C)C)[nH]4)c4c3CC3(CCCC3)C4)cc2)[nH]1)C(C)C. The van der Waals surface area contributed by atoms with Crippen LogP contribution in [0.25, 0.3) is 33.8 Å². The van der Waals surface area contributed by atoms with Gasteiger partial charge in [0.25, 0.3) is 0 Å². The topological polar surface area (TPSA) is 188 Å². The Morgan fingerprint density at radius 2 is 1.16 bits per heavy atom. The largest absolute Gasteiger partial charge is 0.453 e. The zero-order chi connectivity index (χ0) is 44.7. The molecule has 0 unspecified atom stereocenters. The Labute approximate surface area is 368 Å². The molecule has 0 saturated heterocycles. The Bertz CT molecular complexity index is 2460. The van der Waals surface area contributed by atoms with Crippen molar-refractivity contribution >= 4 is 24.0 Å². The number of hydrogen-bond acceptors (Lipinski definition) is 9. The van der Waals surface area contributed by atoms with Gasteiger partial charge in [-0.2, -0.15) is 0 Å². The van der Waals surface area contributed by atoms with E-state index in [-0.39, 0.29) is 29.1 Å². The number of fused-ring (bicyclic) bond motifs is 1. The summed E-state index contributed by atoms with van der Waals surface area (Å²) in [6.07, 6.45) is 15.2. The normalized spacial score (nSPS) is 19.9. The summed E-state index contributed by atoms with van der Waals surface area (Å²) in [6, 6.07) is 6.10. The van der Waals surface area contributed by atoms with Gasteiger partial charge in [0.2, 0.25) is 11.8 Å². The summed E-state index contributed by atoms with van der Waals surface area (Å²) in [5.41, 5.74) is 10.6. The highest BCUT2D eigenvalue weighted by Crippen LogP contribution is 2.52. The third-order valence-electron chi connectivity index (χ3n) is 13.3. The van der Waals surface area contributed by atoms with Gasteiger partial charge in [-0.25, -0.2) is 19.6 Å². The zero-order valence-corrected chi connectivity index (χ0v) is 37.5. The van der Waals surface area contributed by atoms with E-state index in [1.807, 2.05) is 60.0 Å². The molecule has 8 rings (SSSR count). The van der Waals surface area contributed by atoms with Gasteiger partial charge in [-0.05, 0) is 73.5 Å². The molecule has 0 radical (unpaired) electrons. The van der Waals surface area contributed by atoms with Crippen LogP contribution in [-0.2, 0) is 31.9 Å². The van der Waals surface area contributed by atoms with Crippen LogP contribution >= 0.6 is 0 Å². The van der Waals surface area contributed by atoms with Crippen molar-refractivity contribution in [2.24, 2.45) is 17.3 Å². The number of carbonyl (C=O) groups is 4. The van der Waals surface area contributed by atoms with E-state index in [1.54, 1.807) is 16.0 Å². The van der Waals surface area contributed by atoms with Crippen LogP contribution in [0.15, 0.2) is 66.2 Å². The summed E-state index contributed by atoms with van der Waals surface area (Å²) < 4.78 is 9.62.